The Labute approximate surface area is 217 Å². The van der Waals surface area contributed by atoms with E-state index in [2.05, 4.69) is 20.6 Å². The number of H-pyrrole nitrogens is 1. The van der Waals surface area contributed by atoms with Gasteiger partial charge in [0.05, 0.1) is 19.3 Å². The third kappa shape index (κ3) is 8.72. The summed E-state index contributed by atoms with van der Waals surface area (Å²) in [5.74, 6) is -4.07. The van der Waals surface area contributed by atoms with E-state index < -0.39 is 61.1 Å². The molecule has 0 aliphatic heterocycles. The average Bonchev–Trinajstić information content (AvgIpc) is 3.29. The number of nitrogens with two attached hydrogens (primary N) is 3. The van der Waals surface area contributed by atoms with Crippen molar-refractivity contribution in [2.45, 2.75) is 43.4 Å². The second kappa shape index (κ2) is 14.5. The number of hydrogen-bond donors (Lipinski definition) is 10. The minimum Gasteiger partial charge on any atom is -0.480 e. The number of rotatable bonds is 15. The van der Waals surface area contributed by atoms with Crippen molar-refractivity contribution in [2.75, 3.05) is 19.8 Å². The summed E-state index contributed by atoms with van der Waals surface area (Å²) in [6.07, 6.45) is 2.33. The van der Waals surface area contributed by atoms with E-state index in [-0.39, 0.29) is 25.3 Å². The standard InChI is InChI=1S/C23H34N8O7/c24-14(5-3-7-27-23(25)26)19(34)29-16(8-12-9-28-15-6-2-1-4-13(12)15)20(35)30-17(10-32)21(36)31-18(11-33)22(37)38/h1-2,4,6,9,14,16-18,28,32-33H,3,5,7-8,10-11,24H2,(H,29,34)(H,30,35)(H,31,36)(H,37,38)(H4,25,26,27). The molecule has 13 N–H and O–H groups in total. The monoisotopic (exact) mass is 534 g/mol. The molecule has 0 saturated carbocycles. The van der Waals surface area contributed by atoms with Crippen LogP contribution in [0.5, 0.6) is 0 Å². The van der Waals surface area contributed by atoms with E-state index in [9.17, 15) is 24.3 Å². The van der Waals surface area contributed by atoms with Crippen molar-refractivity contribution in [1.29, 1.82) is 0 Å². The highest BCUT2D eigenvalue weighted by atomic mass is 16.4. The highest BCUT2D eigenvalue weighted by Gasteiger charge is 2.30. The maximum Gasteiger partial charge on any atom is 0.328 e. The number of nitrogens with zero attached hydrogens (tertiary/aromatic N) is 1. The molecule has 0 saturated heterocycles. The number of fused-ring (bicyclic) bond motifs is 1. The number of aliphatic imine (C=N–C) groups is 1. The largest absolute Gasteiger partial charge is 0.480 e. The third-order valence-electron chi connectivity index (χ3n) is 5.65. The minimum absolute atomic E-state index is 0.0104. The second-order valence-electron chi connectivity index (χ2n) is 8.51. The molecular weight excluding hydrogens is 500 g/mol. The van der Waals surface area contributed by atoms with Gasteiger partial charge in [-0.3, -0.25) is 19.4 Å². The first-order valence-corrected chi connectivity index (χ1v) is 11.8. The molecule has 0 aliphatic carbocycles. The predicted molar refractivity (Wildman–Crippen MR) is 137 cm³/mol. The predicted octanol–water partition coefficient (Wildman–Crippen LogP) is -3.39. The Morgan fingerprint density at radius 2 is 1.53 bits per heavy atom. The maximum absolute atomic E-state index is 13.2. The second-order valence-corrected chi connectivity index (χ2v) is 8.51. The van der Waals surface area contributed by atoms with E-state index in [1.54, 1.807) is 6.20 Å². The molecule has 0 radical (unpaired) electrons. The topological polar surface area (TPSA) is 271 Å². The fourth-order valence-electron chi connectivity index (χ4n) is 3.58. The number of amides is 3. The highest BCUT2D eigenvalue weighted by molar-refractivity contribution is 5.95. The van der Waals surface area contributed by atoms with Gasteiger partial charge in [0.2, 0.25) is 17.7 Å². The number of aliphatic hydroxyl groups excluding tert-OH is 2. The van der Waals surface area contributed by atoms with Crippen LogP contribution in [0.2, 0.25) is 0 Å². The molecule has 1 aromatic heterocycles. The number of benzene rings is 1. The summed E-state index contributed by atoms with van der Waals surface area (Å²) in [4.78, 5) is 56.4. The Hall–Kier alpha value is -4.21. The zero-order valence-electron chi connectivity index (χ0n) is 20.6. The Bertz CT molecular complexity index is 1150. The number of nitrogens with one attached hydrogen (secondary N) is 4. The van der Waals surface area contributed by atoms with Gasteiger partial charge in [0.1, 0.15) is 18.1 Å². The van der Waals surface area contributed by atoms with Crippen molar-refractivity contribution < 1.29 is 34.5 Å². The molecular formula is C23H34N8O7. The molecule has 0 spiro atoms. The van der Waals surface area contributed by atoms with Gasteiger partial charge in [0.25, 0.3) is 0 Å². The number of aliphatic hydroxyl groups is 2. The van der Waals surface area contributed by atoms with Crippen LogP contribution in [-0.2, 0) is 25.6 Å². The normalized spacial score (nSPS) is 14.1. The van der Waals surface area contributed by atoms with Crippen LogP contribution in [-0.4, -0.2) is 93.9 Å². The van der Waals surface area contributed by atoms with Gasteiger partial charge in [-0.05, 0) is 24.5 Å². The van der Waals surface area contributed by atoms with Crippen molar-refractivity contribution in [1.82, 2.24) is 20.9 Å². The number of carboxylic acids is 1. The highest BCUT2D eigenvalue weighted by Crippen LogP contribution is 2.19. The number of aromatic amines is 1. The van der Waals surface area contributed by atoms with Crippen molar-refractivity contribution in [3.05, 3.63) is 36.0 Å². The number of carbonyl (C=O) groups excluding carboxylic acids is 3. The lowest BCUT2D eigenvalue weighted by Gasteiger charge is -2.24. The van der Waals surface area contributed by atoms with Crippen LogP contribution in [0.3, 0.4) is 0 Å². The molecule has 4 atom stereocenters. The Morgan fingerprint density at radius 3 is 2.16 bits per heavy atom. The molecule has 0 aliphatic rings. The van der Waals surface area contributed by atoms with Gasteiger partial charge in [-0.25, -0.2) is 4.79 Å². The zero-order valence-corrected chi connectivity index (χ0v) is 20.6. The maximum atomic E-state index is 13.2. The summed E-state index contributed by atoms with van der Waals surface area (Å²) in [7, 11) is 0. The van der Waals surface area contributed by atoms with Gasteiger partial charge >= 0.3 is 5.97 Å². The van der Waals surface area contributed by atoms with Crippen LogP contribution >= 0.6 is 0 Å². The van der Waals surface area contributed by atoms with Crippen molar-refractivity contribution in [2.24, 2.45) is 22.2 Å². The molecule has 208 valence electrons. The first-order valence-electron chi connectivity index (χ1n) is 11.8. The number of hydrogen-bond acceptors (Lipinski definition) is 8. The minimum atomic E-state index is -1.63. The molecule has 2 rings (SSSR count). The van der Waals surface area contributed by atoms with Crippen molar-refractivity contribution >= 4 is 40.6 Å². The Balaban J connectivity index is 2.18. The van der Waals surface area contributed by atoms with Crippen LogP contribution in [0.1, 0.15) is 18.4 Å². The van der Waals surface area contributed by atoms with Crippen LogP contribution < -0.4 is 33.2 Å². The zero-order chi connectivity index (χ0) is 28.2. The summed E-state index contributed by atoms with van der Waals surface area (Å²) >= 11 is 0. The summed E-state index contributed by atoms with van der Waals surface area (Å²) in [5.41, 5.74) is 18.0. The lowest BCUT2D eigenvalue weighted by atomic mass is 10.0. The van der Waals surface area contributed by atoms with Gasteiger partial charge in [0, 0.05) is 30.1 Å². The molecule has 2 aromatic rings. The summed E-state index contributed by atoms with van der Waals surface area (Å²) in [6, 6.07) is 1.94. The summed E-state index contributed by atoms with van der Waals surface area (Å²) in [6.45, 7) is -1.50. The van der Waals surface area contributed by atoms with Crippen LogP contribution in [0.4, 0.5) is 0 Å². The Kier molecular flexibility index (Phi) is 11.5. The molecule has 0 fully saturated rings. The van der Waals surface area contributed by atoms with Crippen molar-refractivity contribution in [3.63, 3.8) is 0 Å². The molecule has 4 unspecified atom stereocenters. The number of aromatic nitrogens is 1. The molecule has 15 heteroatoms. The molecule has 3 amide bonds. The van der Waals surface area contributed by atoms with Gasteiger partial charge < -0.3 is 53.5 Å². The molecule has 1 aromatic carbocycles. The number of para-hydroxylation sites is 1. The van der Waals surface area contributed by atoms with Crippen LogP contribution in [0, 0.1) is 0 Å². The van der Waals surface area contributed by atoms with Gasteiger partial charge in [-0.2, -0.15) is 0 Å². The smallest absolute Gasteiger partial charge is 0.328 e. The van der Waals surface area contributed by atoms with E-state index in [4.69, 9.17) is 27.4 Å². The van der Waals surface area contributed by atoms with Crippen LogP contribution in [0.15, 0.2) is 35.5 Å². The number of carboxylic acid groups (broad SMARTS) is 1. The third-order valence-corrected chi connectivity index (χ3v) is 5.65. The molecule has 0 bridgehead atoms. The number of guanidine groups is 1. The summed E-state index contributed by atoms with van der Waals surface area (Å²) < 4.78 is 0. The lowest BCUT2D eigenvalue weighted by molar-refractivity contribution is -0.143. The molecule has 38 heavy (non-hydrogen) atoms. The number of carbonyl (C=O) groups is 4. The SMILES string of the molecule is NC(N)=NCCCC(N)C(=O)NC(Cc1c[nH]c2ccccc12)C(=O)NC(CO)C(=O)NC(CO)C(=O)O. The molecule has 1 heterocycles. The van der Waals surface area contributed by atoms with Crippen LogP contribution in [0.25, 0.3) is 10.9 Å². The fourth-order valence-corrected chi connectivity index (χ4v) is 3.58. The number of aliphatic carboxylic acids is 1. The van der Waals surface area contributed by atoms with E-state index in [1.165, 1.54) is 0 Å². The fraction of sp³-hybridized carbons (Fsp3) is 0.435. The lowest BCUT2D eigenvalue weighted by Crippen LogP contribution is -2.58. The van der Waals surface area contributed by atoms with Gasteiger partial charge in [-0.1, -0.05) is 18.2 Å². The van der Waals surface area contributed by atoms with Gasteiger partial charge in [-0.15, -0.1) is 0 Å². The van der Waals surface area contributed by atoms with Crippen molar-refractivity contribution in [3.8, 4) is 0 Å². The first-order chi connectivity index (χ1) is 18.1. The Morgan fingerprint density at radius 1 is 0.921 bits per heavy atom. The van der Waals surface area contributed by atoms with Gasteiger partial charge in [0.15, 0.2) is 5.96 Å². The van der Waals surface area contributed by atoms with E-state index in [0.29, 0.717) is 12.0 Å². The average molecular weight is 535 g/mol. The summed E-state index contributed by atoms with van der Waals surface area (Å²) in [5, 5.41) is 35.5. The van der Waals surface area contributed by atoms with E-state index >= 15 is 0 Å². The van der Waals surface area contributed by atoms with E-state index in [1.807, 2.05) is 29.6 Å². The molecule has 15 nitrogen and oxygen atoms in total. The first kappa shape index (κ1) is 30.0. The quantitative estimate of drug-likeness (QED) is 0.0614. The van der Waals surface area contributed by atoms with E-state index in [0.717, 1.165) is 10.9 Å².